The van der Waals surface area contributed by atoms with Crippen LogP contribution in [0.15, 0.2) is 18.2 Å². The molecule has 5 heteroatoms. The number of piperidine rings is 2. The highest BCUT2D eigenvalue weighted by atomic mass is 16.2. The van der Waals surface area contributed by atoms with Crippen molar-refractivity contribution in [3.63, 3.8) is 0 Å². The lowest BCUT2D eigenvalue weighted by atomic mass is 9.92. The summed E-state index contributed by atoms with van der Waals surface area (Å²) in [5, 5.41) is 0. The fraction of sp³-hybridized carbons (Fsp3) is 0.652. The van der Waals surface area contributed by atoms with Gasteiger partial charge in [0, 0.05) is 30.6 Å². The van der Waals surface area contributed by atoms with E-state index in [4.69, 9.17) is 0 Å². The number of carbonyl (C=O) groups is 2. The van der Waals surface area contributed by atoms with Crippen molar-refractivity contribution in [1.29, 1.82) is 0 Å². The summed E-state index contributed by atoms with van der Waals surface area (Å²) in [5.41, 5.74) is 3.08. The van der Waals surface area contributed by atoms with Crippen LogP contribution in [0.25, 0.3) is 0 Å². The fourth-order valence-corrected chi connectivity index (χ4v) is 5.14. The second kappa shape index (κ2) is 8.34. The van der Waals surface area contributed by atoms with Crippen LogP contribution < -0.4 is 0 Å². The maximum absolute atomic E-state index is 13.1. The summed E-state index contributed by atoms with van der Waals surface area (Å²) in [4.78, 5) is 31.9. The van der Waals surface area contributed by atoms with Crippen molar-refractivity contribution in [1.82, 2.24) is 14.7 Å². The standard InChI is InChI=1S/C23H33N3O2/c1-3-24-10-8-22(9-11-24)25-12-6-18(7-13-25)23(28)26-15-20-5-4-19(17(2)27)14-21(20)16-26/h4-5,14,18,22H,3,6-13,15-16H2,1-2H3. The molecule has 3 heterocycles. The quantitative estimate of drug-likeness (QED) is 0.750. The number of Topliss-reactive ketones (excluding diaryl/α,β-unsaturated/α-hetero) is 1. The molecule has 1 aromatic rings. The van der Waals surface area contributed by atoms with Gasteiger partial charge in [-0.15, -0.1) is 0 Å². The lowest BCUT2D eigenvalue weighted by molar-refractivity contribution is -0.138. The third kappa shape index (κ3) is 4.01. The Morgan fingerprint density at radius 2 is 1.64 bits per heavy atom. The average molecular weight is 384 g/mol. The third-order valence-corrected chi connectivity index (χ3v) is 7.05. The molecular weight excluding hydrogens is 350 g/mol. The summed E-state index contributed by atoms with van der Waals surface area (Å²) < 4.78 is 0. The number of hydrogen-bond donors (Lipinski definition) is 0. The molecule has 0 saturated carbocycles. The van der Waals surface area contributed by atoms with Crippen molar-refractivity contribution in [2.24, 2.45) is 5.92 Å². The zero-order valence-electron chi connectivity index (χ0n) is 17.3. The molecule has 28 heavy (non-hydrogen) atoms. The maximum atomic E-state index is 13.1. The van der Waals surface area contributed by atoms with Crippen molar-refractivity contribution in [3.8, 4) is 0 Å². The Morgan fingerprint density at radius 3 is 2.29 bits per heavy atom. The van der Waals surface area contributed by atoms with Gasteiger partial charge in [-0.25, -0.2) is 0 Å². The Kier molecular flexibility index (Phi) is 5.83. The van der Waals surface area contributed by atoms with Gasteiger partial charge in [-0.1, -0.05) is 19.1 Å². The van der Waals surface area contributed by atoms with E-state index in [0.29, 0.717) is 25.0 Å². The minimum Gasteiger partial charge on any atom is -0.334 e. The predicted octanol–water partition coefficient (Wildman–Crippen LogP) is 2.93. The minimum absolute atomic E-state index is 0.0877. The lowest BCUT2D eigenvalue weighted by Crippen LogP contribution is -2.49. The zero-order valence-corrected chi connectivity index (χ0v) is 17.3. The van der Waals surface area contributed by atoms with Crippen LogP contribution in [0.1, 0.15) is 61.0 Å². The van der Waals surface area contributed by atoms with E-state index in [0.717, 1.165) is 43.6 Å². The molecule has 4 rings (SSSR count). The SMILES string of the molecule is CCN1CCC(N2CCC(C(=O)N3Cc4ccc(C(C)=O)cc4C3)CC2)CC1. The first-order valence-electron chi connectivity index (χ1n) is 10.9. The number of hydrogen-bond acceptors (Lipinski definition) is 4. The molecule has 0 N–H and O–H groups in total. The first-order chi connectivity index (χ1) is 13.5. The number of carbonyl (C=O) groups excluding carboxylic acids is 2. The van der Waals surface area contributed by atoms with Crippen LogP contribution in [0.3, 0.4) is 0 Å². The second-order valence-electron chi connectivity index (χ2n) is 8.71. The zero-order chi connectivity index (χ0) is 19.7. The van der Waals surface area contributed by atoms with E-state index in [9.17, 15) is 9.59 Å². The van der Waals surface area contributed by atoms with Gasteiger partial charge in [-0.3, -0.25) is 9.59 Å². The van der Waals surface area contributed by atoms with E-state index in [1.54, 1.807) is 6.92 Å². The molecule has 152 valence electrons. The van der Waals surface area contributed by atoms with Gasteiger partial charge in [-0.05, 0) is 82.5 Å². The number of amides is 1. The Labute approximate surface area is 168 Å². The normalized spacial score (nSPS) is 22.4. The van der Waals surface area contributed by atoms with Crippen molar-refractivity contribution in [2.45, 2.75) is 58.7 Å². The molecule has 0 atom stereocenters. The molecule has 0 unspecified atom stereocenters. The van der Waals surface area contributed by atoms with Crippen molar-refractivity contribution < 1.29 is 9.59 Å². The number of ketones is 1. The summed E-state index contributed by atoms with van der Waals surface area (Å²) >= 11 is 0. The van der Waals surface area contributed by atoms with Gasteiger partial charge in [0.15, 0.2) is 5.78 Å². The van der Waals surface area contributed by atoms with Gasteiger partial charge in [0.1, 0.15) is 0 Å². The van der Waals surface area contributed by atoms with Crippen LogP contribution in [0, 0.1) is 5.92 Å². The van der Waals surface area contributed by atoms with E-state index in [1.807, 2.05) is 23.1 Å². The van der Waals surface area contributed by atoms with E-state index in [2.05, 4.69) is 16.7 Å². The van der Waals surface area contributed by atoms with Crippen LogP contribution in [0.5, 0.6) is 0 Å². The Hall–Kier alpha value is -1.72. The summed E-state index contributed by atoms with van der Waals surface area (Å²) in [6, 6.07) is 6.58. The smallest absolute Gasteiger partial charge is 0.226 e. The highest BCUT2D eigenvalue weighted by Gasteiger charge is 2.34. The van der Waals surface area contributed by atoms with Crippen LogP contribution in [-0.4, -0.2) is 65.2 Å². The average Bonchev–Trinajstić information content (AvgIpc) is 3.17. The maximum Gasteiger partial charge on any atom is 0.226 e. The van der Waals surface area contributed by atoms with Crippen molar-refractivity contribution >= 4 is 11.7 Å². The van der Waals surface area contributed by atoms with E-state index >= 15 is 0 Å². The number of benzene rings is 1. The van der Waals surface area contributed by atoms with Gasteiger partial charge >= 0.3 is 0 Å². The van der Waals surface area contributed by atoms with E-state index in [1.165, 1.54) is 31.5 Å². The summed E-state index contributed by atoms with van der Waals surface area (Å²) in [7, 11) is 0. The molecule has 1 amide bonds. The molecule has 0 aliphatic carbocycles. The molecular formula is C23H33N3O2. The second-order valence-corrected chi connectivity index (χ2v) is 8.71. The van der Waals surface area contributed by atoms with Crippen molar-refractivity contribution in [3.05, 3.63) is 34.9 Å². The largest absolute Gasteiger partial charge is 0.334 e. The number of nitrogens with zero attached hydrogens (tertiary/aromatic N) is 3. The molecule has 2 fully saturated rings. The topological polar surface area (TPSA) is 43.9 Å². The first kappa shape index (κ1) is 19.6. The Morgan fingerprint density at radius 1 is 0.964 bits per heavy atom. The number of fused-ring (bicyclic) bond motifs is 1. The summed E-state index contributed by atoms with van der Waals surface area (Å²) in [6.07, 6.45) is 4.51. The van der Waals surface area contributed by atoms with Crippen molar-refractivity contribution in [2.75, 3.05) is 32.7 Å². The molecule has 5 nitrogen and oxygen atoms in total. The van der Waals surface area contributed by atoms with Gasteiger partial charge < -0.3 is 14.7 Å². The molecule has 3 aliphatic heterocycles. The highest BCUT2D eigenvalue weighted by Crippen LogP contribution is 2.29. The monoisotopic (exact) mass is 383 g/mol. The van der Waals surface area contributed by atoms with Crippen LogP contribution in [0.4, 0.5) is 0 Å². The van der Waals surface area contributed by atoms with Gasteiger partial charge in [-0.2, -0.15) is 0 Å². The van der Waals surface area contributed by atoms with Crippen LogP contribution >= 0.6 is 0 Å². The molecule has 2 saturated heterocycles. The fourth-order valence-electron chi connectivity index (χ4n) is 5.14. The molecule has 0 aromatic heterocycles. The minimum atomic E-state index is 0.0877. The van der Waals surface area contributed by atoms with Gasteiger partial charge in [0.2, 0.25) is 5.91 Å². The van der Waals surface area contributed by atoms with E-state index < -0.39 is 0 Å². The lowest BCUT2D eigenvalue weighted by Gasteiger charge is -2.41. The van der Waals surface area contributed by atoms with Crippen LogP contribution in [-0.2, 0) is 17.9 Å². The van der Waals surface area contributed by atoms with Gasteiger partial charge in [0.05, 0.1) is 0 Å². The van der Waals surface area contributed by atoms with Gasteiger partial charge in [0.25, 0.3) is 0 Å². The molecule has 3 aliphatic rings. The van der Waals surface area contributed by atoms with E-state index in [-0.39, 0.29) is 11.7 Å². The number of likely N-dealkylation sites (tertiary alicyclic amines) is 2. The summed E-state index contributed by atoms with van der Waals surface area (Å²) in [6.45, 7) is 10.9. The predicted molar refractivity (Wildman–Crippen MR) is 110 cm³/mol. The number of rotatable bonds is 4. The molecule has 0 bridgehead atoms. The third-order valence-electron chi connectivity index (χ3n) is 7.05. The summed E-state index contributed by atoms with van der Waals surface area (Å²) in [5.74, 6) is 0.555. The first-order valence-corrected chi connectivity index (χ1v) is 10.9. The highest BCUT2D eigenvalue weighted by molar-refractivity contribution is 5.94. The molecule has 1 aromatic carbocycles. The Balaban J connectivity index is 1.29. The molecule has 0 spiro atoms. The van der Waals surface area contributed by atoms with Crippen LogP contribution in [0.2, 0.25) is 0 Å². The molecule has 0 radical (unpaired) electrons. The Bertz CT molecular complexity index is 731.